The van der Waals surface area contributed by atoms with Crippen molar-refractivity contribution in [2.24, 2.45) is 11.8 Å². The van der Waals surface area contributed by atoms with Crippen molar-refractivity contribution in [2.45, 2.75) is 56.8 Å². The van der Waals surface area contributed by atoms with Gasteiger partial charge in [-0.05, 0) is 55.0 Å². The molecule has 4 rings (SSSR count). The second-order valence-corrected chi connectivity index (χ2v) is 10.0. The van der Waals surface area contributed by atoms with E-state index in [0.29, 0.717) is 47.6 Å². The summed E-state index contributed by atoms with van der Waals surface area (Å²) in [5.74, 6) is -2.42. The van der Waals surface area contributed by atoms with E-state index in [2.05, 4.69) is 10.3 Å². The number of carbonyl (C=O) groups is 3. The third-order valence-electron chi connectivity index (χ3n) is 7.51. The summed E-state index contributed by atoms with van der Waals surface area (Å²) in [6.45, 7) is 0. The van der Waals surface area contributed by atoms with Crippen LogP contribution in [-0.4, -0.2) is 60.1 Å². The number of likely N-dealkylation sites (tertiary alicyclic amines) is 1. The maximum atomic E-state index is 14.0. The number of benzene rings is 1. The highest BCUT2D eigenvalue weighted by Gasteiger charge is 2.57. The standard InChI is InChI=1S/C27H32F3N5O4/c1-34(18-9-6-10-19(15-18)39-2)25(37)22-20(13-16-11-12-32-21(31)14-16)24(36)35(22)26(38)33-23(27(28,29)30)17-7-4-3-5-8-17/h6,9-12,14-15,17,20,22-23H,3-5,7-8,13H2,1-2H3,(H2,31,32)(H,33,38)/t20-,22?,23?/m1/s1. The first kappa shape index (κ1) is 28.2. The zero-order valence-electron chi connectivity index (χ0n) is 21.8. The summed E-state index contributed by atoms with van der Waals surface area (Å²) in [4.78, 5) is 45.9. The molecular weight excluding hydrogens is 515 g/mol. The molecule has 39 heavy (non-hydrogen) atoms. The summed E-state index contributed by atoms with van der Waals surface area (Å²) in [6.07, 6.45) is -0.418. The van der Waals surface area contributed by atoms with E-state index in [9.17, 15) is 27.6 Å². The monoisotopic (exact) mass is 547 g/mol. The Morgan fingerprint density at radius 3 is 2.56 bits per heavy atom. The van der Waals surface area contributed by atoms with Crippen molar-refractivity contribution in [1.29, 1.82) is 0 Å². The summed E-state index contributed by atoms with van der Waals surface area (Å²) in [7, 11) is 2.94. The molecule has 1 saturated carbocycles. The van der Waals surface area contributed by atoms with E-state index in [1.54, 1.807) is 36.4 Å². The highest BCUT2D eigenvalue weighted by atomic mass is 19.4. The third kappa shape index (κ3) is 6.10. The first-order valence-corrected chi connectivity index (χ1v) is 12.8. The molecule has 210 valence electrons. The normalized spacial score (nSPS) is 20.6. The quantitative estimate of drug-likeness (QED) is 0.508. The number of pyridine rings is 1. The Labute approximate surface area is 224 Å². The van der Waals surface area contributed by atoms with E-state index in [4.69, 9.17) is 10.5 Å². The molecule has 3 atom stereocenters. The summed E-state index contributed by atoms with van der Waals surface area (Å²) in [5.41, 5.74) is 6.79. The number of alkyl halides is 3. The van der Waals surface area contributed by atoms with Gasteiger partial charge < -0.3 is 20.7 Å². The van der Waals surface area contributed by atoms with Crippen molar-refractivity contribution in [1.82, 2.24) is 15.2 Å². The van der Waals surface area contributed by atoms with Crippen molar-refractivity contribution in [2.75, 3.05) is 24.8 Å². The number of urea groups is 1. The van der Waals surface area contributed by atoms with Gasteiger partial charge in [-0.15, -0.1) is 0 Å². The van der Waals surface area contributed by atoms with Crippen LogP contribution >= 0.6 is 0 Å². The summed E-state index contributed by atoms with van der Waals surface area (Å²) >= 11 is 0. The van der Waals surface area contributed by atoms with Gasteiger partial charge in [0.1, 0.15) is 23.7 Å². The van der Waals surface area contributed by atoms with Crippen LogP contribution in [-0.2, 0) is 16.0 Å². The number of β-lactam (4-membered cyclic amide) rings is 1. The number of aromatic nitrogens is 1. The lowest BCUT2D eigenvalue weighted by Crippen LogP contribution is -2.71. The molecule has 1 aromatic carbocycles. The third-order valence-corrected chi connectivity index (χ3v) is 7.51. The molecule has 1 saturated heterocycles. The second kappa shape index (κ2) is 11.5. The van der Waals surface area contributed by atoms with Crippen LogP contribution in [0.5, 0.6) is 5.75 Å². The molecule has 0 radical (unpaired) electrons. The molecule has 1 aliphatic heterocycles. The number of imide groups is 1. The number of likely N-dealkylation sites (N-methyl/N-ethyl adjacent to an activating group) is 1. The van der Waals surface area contributed by atoms with Crippen LogP contribution in [0.4, 0.5) is 29.5 Å². The number of ether oxygens (including phenoxy) is 1. The van der Waals surface area contributed by atoms with Gasteiger partial charge in [0.15, 0.2) is 0 Å². The predicted molar refractivity (Wildman–Crippen MR) is 138 cm³/mol. The first-order valence-electron chi connectivity index (χ1n) is 12.8. The van der Waals surface area contributed by atoms with E-state index in [1.807, 2.05) is 0 Å². The minimum absolute atomic E-state index is 0.0585. The van der Waals surface area contributed by atoms with Gasteiger partial charge in [-0.3, -0.25) is 14.5 Å². The number of hydrogen-bond acceptors (Lipinski definition) is 6. The maximum Gasteiger partial charge on any atom is 0.408 e. The van der Waals surface area contributed by atoms with Crippen molar-refractivity contribution in [3.63, 3.8) is 0 Å². The van der Waals surface area contributed by atoms with Gasteiger partial charge in [-0.25, -0.2) is 9.78 Å². The van der Waals surface area contributed by atoms with E-state index in [1.165, 1.54) is 25.3 Å². The maximum absolute atomic E-state index is 14.0. The van der Waals surface area contributed by atoms with Gasteiger partial charge in [0.05, 0.1) is 13.0 Å². The number of hydrogen-bond donors (Lipinski definition) is 2. The lowest BCUT2D eigenvalue weighted by Gasteiger charge is -2.46. The minimum atomic E-state index is -4.70. The Bertz CT molecular complexity index is 1220. The number of rotatable bonds is 7. The minimum Gasteiger partial charge on any atom is -0.497 e. The molecular formula is C27H32F3N5O4. The lowest BCUT2D eigenvalue weighted by atomic mass is 9.81. The number of amides is 4. The highest BCUT2D eigenvalue weighted by molar-refractivity contribution is 6.12. The van der Waals surface area contributed by atoms with Crippen LogP contribution in [0.3, 0.4) is 0 Å². The fourth-order valence-electron chi connectivity index (χ4n) is 5.41. The van der Waals surface area contributed by atoms with Crippen LogP contribution < -0.4 is 20.7 Å². The van der Waals surface area contributed by atoms with E-state index in [0.717, 1.165) is 6.42 Å². The van der Waals surface area contributed by atoms with E-state index in [-0.39, 0.29) is 12.2 Å². The second-order valence-electron chi connectivity index (χ2n) is 10.0. The molecule has 3 N–H and O–H groups in total. The molecule has 2 heterocycles. The molecule has 9 nitrogen and oxygen atoms in total. The predicted octanol–water partition coefficient (Wildman–Crippen LogP) is 3.93. The number of carbonyl (C=O) groups excluding carboxylic acids is 3. The molecule has 2 aromatic rings. The fourth-order valence-corrected chi connectivity index (χ4v) is 5.41. The van der Waals surface area contributed by atoms with E-state index < -0.39 is 47.9 Å². The van der Waals surface area contributed by atoms with E-state index >= 15 is 0 Å². The first-order chi connectivity index (χ1) is 18.5. The molecule has 2 unspecified atom stereocenters. The molecule has 4 amide bonds. The SMILES string of the molecule is COc1cccc(N(C)C(=O)C2[C@@H](Cc3ccnc(N)c3)C(=O)N2C(=O)NC(C2CCCCC2)C(F)(F)F)c1. The smallest absolute Gasteiger partial charge is 0.408 e. The summed E-state index contributed by atoms with van der Waals surface area (Å²) in [6, 6.07) is 5.13. The molecule has 2 fully saturated rings. The molecule has 0 spiro atoms. The number of anilines is 2. The van der Waals surface area contributed by atoms with Gasteiger partial charge in [0.2, 0.25) is 5.91 Å². The number of halogens is 3. The van der Waals surface area contributed by atoms with Crippen molar-refractivity contribution in [3.05, 3.63) is 48.2 Å². The van der Waals surface area contributed by atoms with Crippen LogP contribution in [0, 0.1) is 11.8 Å². The molecule has 1 aromatic heterocycles. The number of methoxy groups -OCH3 is 1. The van der Waals surface area contributed by atoms with Crippen LogP contribution in [0.25, 0.3) is 0 Å². The van der Waals surface area contributed by atoms with Gasteiger partial charge in [0.25, 0.3) is 5.91 Å². The molecule has 2 aliphatic rings. The average Bonchev–Trinajstić information content (AvgIpc) is 2.92. The van der Waals surface area contributed by atoms with Crippen LogP contribution in [0.15, 0.2) is 42.6 Å². The Kier molecular flexibility index (Phi) is 8.31. The van der Waals surface area contributed by atoms with Gasteiger partial charge in [-0.2, -0.15) is 13.2 Å². The number of nitrogens with two attached hydrogens (primary N) is 1. The van der Waals surface area contributed by atoms with Crippen molar-refractivity contribution >= 4 is 29.4 Å². The molecule has 1 aliphatic carbocycles. The number of nitrogen functional groups attached to an aromatic ring is 1. The summed E-state index contributed by atoms with van der Waals surface area (Å²) < 4.78 is 47.2. The largest absolute Gasteiger partial charge is 0.497 e. The Morgan fingerprint density at radius 2 is 1.92 bits per heavy atom. The lowest BCUT2D eigenvalue weighted by molar-refractivity contribution is -0.170. The Morgan fingerprint density at radius 1 is 1.21 bits per heavy atom. The number of nitrogens with one attached hydrogen (secondary N) is 1. The average molecular weight is 548 g/mol. The molecule has 0 bridgehead atoms. The zero-order chi connectivity index (χ0) is 28.3. The zero-order valence-corrected chi connectivity index (χ0v) is 21.8. The fraction of sp³-hybridized carbons (Fsp3) is 0.481. The topological polar surface area (TPSA) is 118 Å². The van der Waals surface area contributed by atoms with Crippen LogP contribution in [0.2, 0.25) is 0 Å². The van der Waals surface area contributed by atoms with Crippen molar-refractivity contribution in [3.8, 4) is 5.75 Å². The summed E-state index contributed by atoms with van der Waals surface area (Å²) in [5, 5.41) is 2.05. The Hall–Kier alpha value is -3.83. The van der Waals surface area contributed by atoms with Gasteiger partial charge in [-0.1, -0.05) is 25.3 Å². The van der Waals surface area contributed by atoms with Crippen molar-refractivity contribution < 1.29 is 32.3 Å². The van der Waals surface area contributed by atoms with Crippen LogP contribution in [0.1, 0.15) is 37.7 Å². The number of nitrogens with zero attached hydrogens (tertiary/aromatic N) is 3. The van der Waals surface area contributed by atoms with Gasteiger partial charge in [0, 0.05) is 25.0 Å². The van der Waals surface area contributed by atoms with Gasteiger partial charge >= 0.3 is 12.2 Å². The Balaban J connectivity index is 1.61. The molecule has 12 heteroatoms. The highest BCUT2D eigenvalue weighted by Crippen LogP contribution is 2.37.